The van der Waals surface area contributed by atoms with Crippen molar-refractivity contribution >= 4 is 51.2 Å². The number of amides is 4. The van der Waals surface area contributed by atoms with E-state index in [0.717, 1.165) is 167 Å². The summed E-state index contributed by atoms with van der Waals surface area (Å²) in [6.07, 6.45) is 45.0. The van der Waals surface area contributed by atoms with Gasteiger partial charge in [-0.25, -0.2) is 9.13 Å². The van der Waals surface area contributed by atoms with Gasteiger partial charge in [-0.3, -0.25) is 46.9 Å². The van der Waals surface area contributed by atoms with Crippen LogP contribution in [0.2, 0.25) is 0 Å². The molecule has 10 atom stereocenters. The SMILES string of the molecule is CCCCCC/C=C/CCCC(=O)O[C@H](CCCCCCC)CC(=O)NC(COCC[C@H](O)CCCCCCC)COP(=O)(O)OCCNC(=O)[C@@H]1OC(C)(C)O[C@@H]1C(=O)NCCOP(=O)(O)OCC(COCC[C@H](O)CCCCCCC)NC(=O)C[C@H](CCCCCCCCCCC)OC(=O)CCC/C=C/CCCCCC. The lowest BCUT2D eigenvalue weighted by Gasteiger charge is -2.23. The molecule has 0 aromatic carbocycles. The summed E-state index contributed by atoms with van der Waals surface area (Å²) in [5.74, 6) is -4.90. The Morgan fingerprint density at radius 2 is 0.690 bits per heavy atom. The first-order valence-corrected chi connectivity index (χ1v) is 47.3. The lowest BCUT2D eigenvalue weighted by Crippen LogP contribution is -2.48. The Morgan fingerprint density at radius 3 is 1.03 bits per heavy atom. The standard InChI is InChI=1S/C85H160N4O22P2/c1-9-15-21-27-30-33-36-42-48-54-76(109-80(95)56-50-44-38-35-32-29-23-17-11-3)66-78(93)89-72(68-103-62-58-74(91)52-46-40-25-19-13-5)70-107-113(100,101)105-64-60-87-84(97)82-81(110-85(7,8)111-82)83(96)86-59-63-104-112(98,99)106-69-71(67-102-61-57-73(90)51-45-39-24-18-12-4)88-77(92)65-75(53-47-41-26-20-14-6)108-79(94)55-49-43-37-34-31-28-22-16-10-2/h34-35,37-38,71-76,81-82,90-91H,9-33,36,39-70H2,1-8H3,(H,86,96)(H,87,97)(H,88,92)(H,89,93)(H,98,99)(H,100,101)/b37-34+,38-35+/t71?,72?,73-,74-,75-,76+,81-,82+/m1/s1. The van der Waals surface area contributed by atoms with Crippen molar-refractivity contribution in [1.29, 1.82) is 0 Å². The summed E-state index contributed by atoms with van der Waals surface area (Å²) in [5.41, 5.74) is 0. The molecule has 0 aromatic heterocycles. The van der Waals surface area contributed by atoms with Crippen molar-refractivity contribution in [3.8, 4) is 0 Å². The van der Waals surface area contributed by atoms with Gasteiger partial charge in [-0.15, -0.1) is 0 Å². The van der Waals surface area contributed by atoms with Crippen LogP contribution in [0.25, 0.3) is 0 Å². The molecule has 1 fully saturated rings. The van der Waals surface area contributed by atoms with Gasteiger partial charge in [-0.05, 0) is 117 Å². The van der Waals surface area contributed by atoms with Crippen molar-refractivity contribution in [2.24, 2.45) is 0 Å². The van der Waals surface area contributed by atoms with Gasteiger partial charge in [-0.2, -0.15) is 0 Å². The van der Waals surface area contributed by atoms with E-state index in [0.29, 0.717) is 51.4 Å². The van der Waals surface area contributed by atoms with Gasteiger partial charge in [0, 0.05) is 39.1 Å². The zero-order chi connectivity index (χ0) is 83.3. The number of phosphoric acid groups is 2. The highest BCUT2D eigenvalue weighted by atomic mass is 31.2. The van der Waals surface area contributed by atoms with Crippen molar-refractivity contribution in [3.05, 3.63) is 24.3 Å². The maximum absolute atomic E-state index is 13.9. The third kappa shape index (κ3) is 64.0. The zero-order valence-electron chi connectivity index (χ0n) is 71.5. The second-order valence-corrected chi connectivity index (χ2v) is 34.0. The molecule has 1 rings (SSSR count). The number of aliphatic hydroxyl groups excluding tert-OH is 2. The second kappa shape index (κ2) is 71.2. The Morgan fingerprint density at radius 1 is 0.389 bits per heavy atom. The molecule has 4 unspecified atom stereocenters. The molecular weight excluding hydrogens is 1490 g/mol. The van der Waals surface area contributed by atoms with Gasteiger partial charge in [0.25, 0.3) is 11.8 Å². The van der Waals surface area contributed by atoms with E-state index in [1.165, 1.54) is 78.1 Å². The number of phosphoric ester groups is 2. The fourth-order valence-corrected chi connectivity index (χ4v) is 14.5. The molecular formula is C85H160N4O22P2. The van der Waals surface area contributed by atoms with Crippen LogP contribution in [0.15, 0.2) is 24.3 Å². The van der Waals surface area contributed by atoms with Crippen molar-refractivity contribution in [1.82, 2.24) is 21.3 Å². The number of hydrogen-bond donors (Lipinski definition) is 8. The van der Waals surface area contributed by atoms with E-state index < -0.39 is 126 Å². The molecule has 1 heterocycles. The predicted molar refractivity (Wildman–Crippen MR) is 445 cm³/mol. The van der Waals surface area contributed by atoms with Gasteiger partial charge in [0.05, 0.1) is 76.8 Å². The minimum atomic E-state index is -4.88. The van der Waals surface area contributed by atoms with Crippen molar-refractivity contribution in [2.45, 2.75) is 418 Å². The number of hydrogen-bond acceptors (Lipinski definition) is 20. The molecule has 1 aliphatic rings. The molecule has 1 saturated heterocycles. The van der Waals surface area contributed by atoms with Gasteiger partial charge < -0.3 is 69.7 Å². The summed E-state index contributed by atoms with van der Waals surface area (Å²) in [5, 5.41) is 32.0. The van der Waals surface area contributed by atoms with Gasteiger partial charge in [0.2, 0.25) is 11.8 Å². The number of unbranched alkanes of at least 4 members (excludes halogenated alkanes) is 30. The van der Waals surface area contributed by atoms with E-state index >= 15 is 0 Å². The smallest absolute Gasteiger partial charge is 0.462 e. The second-order valence-electron chi connectivity index (χ2n) is 31.1. The predicted octanol–water partition coefficient (Wildman–Crippen LogP) is 17.5. The van der Waals surface area contributed by atoms with Crippen LogP contribution < -0.4 is 21.3 Å². The van der Waals surface area contributed by atoms with Crippen molar-refractivity contribution < 1.29 is 104 Å². The molecule has 8 N–H and O–H groups in total. The fourth-order valence-electron chi connectivity index (χ4n) is 13.0. The Labute approximate surface area is 682 Å². The van der Waals surface area contributed by atoms with Crippen LogP contribution >= 0.6 is 15.6 Å². The first-order chi connectivity index (χ1) is 54.4. The Bertz CT molecular complexity index is 2550. The highest BCUT2D eigenvalue weighted by molar-refractivity contribution is 7.47. The molecule has 1 aliphatic heterocycles. The topological polar surface area (TPSA) is 358 Å². The van der Waals surface area contributed by atoms with E-state index in [-0.39, 0.29) is 71.2 Å². The molecule has 0 bridgehead atoms. The number of carbonyl (C=O) groups excluding carboxylic acids is 6. The first-order valence-electron chi connectivity index (χ1n) is 44.4. The highest BCUT2D eigenvalue weighted by Gasteiger charge is 2.49. The number of ether oxygens (including phenoxy) is 6. The number of esters is 2. The molecule has 0 aliphatic carbocycles. The van der Waals surface area contributed by atoms with Crippen LogP contribution in [0.5, 0.6) is 0 Å². The quantitative estimate of drug-likeness (QED) is 0.0121. The monoisotopic (exact) mass is 1650 g/mol. The first kappa shape index (κ1) is 107. The Kier molecular flexibility index (Phi) is 67.6. The molecule has 0 saturated carbocycles. The average molecular weight is 1650 g/mol. The number of carbonyl (C=O) groups is 6. The lowest BCUT2D eigenvalue weighted by atomic mass is 10.0. The fraction of sp³-hybridized carbons (Fsp3) is 0.882. The van der Waals surface area contributed by atoms with Crippen molar-refractivity contribution in [2.75, 3.05) is 65.9 Å². The highest BCUT2D eigenvalue weighted by Crippen LogP contribution is 2.44. The Hall–Kier alpha value is -3.72. The van der Waals surface area contributed by atoms with Gasteiger partial charge in [0.1, 0.15) is 12.2 Å². The summed E-state index contributed by atoms with van der Waals surface area (Å²) in [7, 11) is -9.75. The third-order valence-electron chi connectivity index (χ3n) is 19.6. The normalized spacial score (nSPS) is 17.0. The summed E-state index contributed by atoms with van der Waals surface area (Å²) in [4.78, 5) is 103. The molecule has 0 spiro atoms. The van der Waals surface area contributed by atoms with Gasteiger partial charge in [0.15, 0.2) is 18.0 Å². The van der Waals surface area contributed by atoms with Crippen LogP contribution in [0.4, 0.5) is 0 Å². The van der Waals surface area contributed by atoms with E-state index in [1.54, 1.807) is 0 Å². The number of rotatable bonds is 80. The van der Waals surface area contributed by atoms with E-state index in [1.807, 2.05) is 0 Å². The maximum atomic E-state index is 13.9. The number of nitrogens with one attached hydrogen (secondary N) is 4. The van der Waals surface area contributed by atoms with E-state index in [4.69, 9.17) is 46.5 Å². The number of aliphatic hydroxyl groups is 2. The largest absolute Gasteiger partial charge is 0.472 e. The Balaban J connectivity index is 3.08. The zero-order valence-corrected chi connectivity index (χ0v) is 73.3. The molecule has 662 valence electrons. The summed E-state index contributed by atoms with van der Waals surface area (Å²) < 4.78 is 83.2. The van der Waals surface area contributed by atoms with Gasteiger partial charge in [-0.1, -0.05) is 246 Å². The van der Waals surface area contributed by atoms with Gasteiger partial charge >= 0.3 is 27.6 Å². The minimum Gasteiger partial charge on any atom is -0.462 e. The molecule has 4 amide bonds. The summed E-state index contributed by atoms with van der Waals surface area (Å²) in [6.45, 7) is 12.9. The lowest BCUT2D eigenvalue weighted by molar-refractivity contribution is -0.159. The number of allylic oxidation sites excluding steroid dienone is 4. The summed E-state index contributed by atoms with van der Waals surface area (Å²) in [6, 6.07) is -1.97. The van der Waals surface area contributed by atoms with Crippen LogP contribution in [0, 0.1) is 0 Å². The maximum Gasteiger partial charge on any atom is 0.472 e. The van der Waals surface area contributed by atoms with Crippen LogP contribution in [0.3, 0.4) is 0 Å². The average Bonchev–Trinajstić information content (AvgIpc) is 1.66. The van der Waals surface area contributed by atoms with Crippen molar-refractivity contribution in [3.63, 3.8) is 0 Å². The van der Waals surface area contributed by atoms with E-state index in [9.17, 15) is 57.9 Å². The molecule has 28 heteroatoms. The van der Waals surface area contributed by atoms with Crippen LogP contribution in [-0.2, 0) is 84.4 Å². The third-order valence-corrected chi connectivity index (χ3v) is 21.6. The molecule has 113 heavy (non-hydrogen) atoms. The van der Waals surface area contributed by atoms with Crippen LogP contribution in [-0.4, -0.2) is 176 Å². The molecule has 26 nitrogen and oxygen atoms in total. The summed E-state index contributed by atoms with van der Waals surface area (Å²) >= 11 is 0. The molecule has 0 aromatic rings. The van der Waals surface area contributed by atoms with E-state index in [2.05, 4.69) is 87.1 Å². The van der Waals surface area contributed by atoms with Crippen LogP contribution in [0.1, 0.15) is 364 Å². The minimum absolute atomic E-state index is 0.132. The molecule has 0 radical (unpaired) electrons.